The first-order valence-corrected chi connectivity index (χ1v) is 10.7. The van der Waals surface area contributed by atoms with Crippen LogP contribution < -0.4 is 22.1 Å². The van der Waals surface area contributed by atoms with Crippen LogP contribution in [0.15, 0.2) is 42.5 Å². The van der Waals surface area contributed by atoms with E-state index in [1.807, 2.05) is 6.07 Å². The van der Waals surface area contributed by atoms with Crippen molar-refractivity contribution in [3.8, 4) is 16.9 Å². The number of aliphatic hydroxyl groups is 1. The number of nitrogens with one attached hydrogen (secondary N) is 2. The average molecular weight is 472 g/mol. The number of aromatic hydroxyl groups is 1. The van der Waals surface area contributed by atoms with Crippen LogP contribution in [-0.2, 0) is 27.2 Å². The molecule has 9 N–H and O–H groups in total. The predicted octanol–water partition coefficient (Wildman–Crippen LogP) is -0.183. The van der Waals surface area contributed by atoms with Gasteiger partial charge in [0.05, 0.1) is 12.1 Å². The number of rotatable bonds is 4. The van der Waals surface area contributed by atoms with Gasteiger partial charge in [0.2, 0.25) is 11.8 Å². The topological polar surface area (TPSA) is 197 Å². The summed E-state index contributed by atoms with van der Waals surface area (Å²) >= 11 is 0. The Bertz CT molecular complexity index is 1060. The third kappa shape index (κ3) is 6.44. The Hall–Kier alpha value is -3.67. The van der Waals surface area contributed by atoms with Crippen LogP contribution in [0.25, 0.3) is 11.1 Å². The predicted molar refractivity (Wildman–Crippen MR) is 122 cm³/mol. The Morgan fingerprint density at radius 2 is 1.82 bits per heavy atom. The highest BCUT2D eigenvalue weighted by Crippen LogP contribution is 2.28. The molecule has 182 valence electrons. The zero-order chi connectivity index (χ0) is 24.8. The van der Waals surface area contributed by atoms with E-state index in [1.54, 1.807) is 30.3 Å². The Morgan fingerprint density at radius 1 is 1.09 bits per heavy atom. The van der Waals surface area contributed by atoms with Gasteiger partial charge < -0.3 is 42.2 Å². The molecule has 3 rings (SSSR count). The summed E-state index contributed by atoms with van der Waals surface area (Å²) < 4.78 is 4.86. The summed E-state index contributed by atoms with van der Waals surface area (Å²) in [7, 11) is 0. The first-order chi connectivity index (χ1) is 16.2. The number of phenols is 1. The Kier molecular flexibility index (Phi) is 8.05. The number of ether oxygens (including phenoxy) is 1. The fraction of sp³-hybridized carbons (Fsp3) is 0.348. The van der Waals surface area contributed by atoms with Crippen LogP contribution in [0.3, 0.4) is 0 Å². The Balaban J connectivity index is 2.04. The van der Waals surface area contributed by atoms with E-state index in [0.29, 0.717) is 11.1 Å². The third-order valence-electron chi connectivity index (χ3n) is 5.50. The molecule has 2 aromatic carbocycles. The van der Waals surface area contributed by atoms with Crippen molar-refractivity contribution in [1.82, 2.24) is 10.6 Å². The lowest BCUT2D eigenvalue weighted by molar-refractivity contribution is -0.132. The molecule has 0 saturated heterocycles. The van der Waals surface area contributed by atoms with Gasteiger partial charge in [-0.05, 0) is 34.4 Å². The number of amides is 2. The van der Waals surface area contributed by atoms with Gasteiger partial charge in [-0.3, -0.25) is 9.59 Å². The fourth-order valence-electron chi connectivity index (χ4n) is 3.73. The van der Waals surface area contributed by atoms with E-state index >= 15 is 0 Å². The smallest absolute Gasteiger partial charge is 0.507 e. The molecule has 11 nitrogen and oxygen atoms in total. The van der Waals surface area contributed by atoms with Crippen molar-refractivity contribution in [2.75, 3.05) is 6.54 Å². The number of carboxylic acid groups (broad SMARTS) is 1. The van der Waals surface area contributed by atoms with Crippen molar-refractivity contribution < 1.29 is 34.4 Å². The van der Waals surface area contributed by atoms with E-state index in [2.05, 4.69) is 10.6 Å². The minimum Gasteiger partial charge on any atom is -0.508 e. The molecule has 34 heavy (non-hydrogen) atoms. The number of fused-ring (bicyclic) bond motifs is 5. The Morgan fingerprint density at radius 3 is 2.53 bits per heavy atom. The summed E-state index contributed by atoms with van der Waals surface area (Å²) in [5.74, 6) is -1.50. The number of benzene rings is 2. The van der Waals surface area contributed by atoms with Gasteiger partial charge in [0.25, 0.3) is 0 Å². The molecule has 2 aromatic rings. The van der Waals surface area contributed by atoms with E-state index < -0.39 is 42.4 Å². The minimum atomic E-state index is -1.59. The first kappa shape index (κ1) is 25.0. The van der Waals surface area contributed by atoms with Crippen LogP contribution in [-0.4, -0.2) is 64.2 Å². The normalized spacial score (nSPS) is 21.9. The van der Waals surface area contributed by atoms with Crippen LogP contribution in [0, 0.1) is 0 Å². The van der Waals surface area contributed by atoms with Crippen molar-refractivity contribution >= 4 is 18.0 Å². The minimum absolute atomic E-state index is 0.0102. The lowest BCUT2D eigenvalue weighted by Gasteiger charge is -2.25. The highest BCUT2D eigenvalue weighted by Gasteiger charge is 2.29. The van der Waals surface area contributed by atoms with E-state index in [4.69, 9.17) is 21.3 Å². The molecule has 4 bridgehead atoms. The second-order valence-corrected chi connectivity index (χ2v) is 8.13. The summed E-state index contributed by atoms with van der Waals surface area (Å²) in [5, 5.41) is 34.4. The monoisotopic (exact) mass is 472 g/mol. The first-order valence-electron chi connectivity index (χ1n) is 10.7. The van der Waals surface area contributed by atoms with Gasteiger partial charge in [-0.15, -0.1) is 0 Å². The highest BCUT2D eigenvalue weighted by molar-refractivity contribution is 5.90. The van der Waals surface area contributed by atoms with Gasteiger partial charge in [-0.25, -0.2) is 4.79 Å². The summed E-state index contributed by atoms with van der Waals surface area (Å²) in [5.41, 5.74) is 14.1. The third-order valence-corrected chi connectivity index (χ3v) is 5.50. The van der Waals surface area contributed by atoms with E-state index in [1.165, 1.54) is 6.07 Å². The van der Waals surface area contributed by atoms with E-state index in [9.17, 15) is 24.6 Å². The SMILES string of the molecule is NC[C@H](O)C[C@@H]1NC(=O)[C@@H](N)Cc2cc(ccc2O)-c2cccc(c2)C[C@H](OC(=O)O)NC1=O. The van der Waals surface area contributed by atoms with Gasteiger partial charge in [0.15, 0.2) is 6.23 Å². The number of carbonyl (C=O) groups excluding carboxylic acids is 2. The average Bonchev–Trinajstić information content (AvgIpc) is 2.78. The maximum Gasteiger partial charge on any atom is 0.507 e. The van der Waals surface area contributed by atoms with Crippen LogP contribution in [0.1, 0.15) is 17.5 Å². The largest absolute Gasteiger partial charge is 0.508 e. The molecule has 0 radical (unpaired) electrons. The zero-order valence-electron chi connectivity index (χ0n) is 18.3. The maximum atomic E-state index is 12.9. The number of phenolic OH excluding ortho intramolecular Hbond substituents is 1. The van der Waals surface area contributed by atoms with Gasteiger partial charge >= 0.3 is 6.16 Å². The lowest BCUT2D eigenvalue weighted by atomic mass is 9.97. The summed E-state index contributed by atoms with van der Waals surface area (Å²) in [6, 6.07) is 9.71. The summed E-state index contributed by atoms with van der Waals surface area (Å²) in [4.78, 5) is 36.9. The van der Waals surface area contributed by atoms with Crippen molar-refractivity contribution in [3.05, 3.63) is 53.6 Å². The van der Waals surface area contributed by atoms with Gasteiger partial charge in [0.1, 0.15) is 11.8 Å². The molecular weight excluding hydrogens is 444 g/mol. The molecule has 1 heterocycles. The highest BCUT2D eigenvalue weighted by atomic mass is 16.7. The van der Waals surface area contributed by atoms with Crippen LogP contribution in [0.4, 0.5) is 4.79 Å². The number of nitrogens with two attached hydrogens (primary N) is 2. The molecule has 0 unspecified atom stereocenters. The number of aliphatic hydroxyl groups excluding tert-OH is 1. The van der Waals surface area contributed by atoms with E-state index in [-0.39, 0.29) is 31.6 Å². The molecule has 11 heteroatoms. The zero-order valence-corrected chi connectivity index (χ0v) is 18.3. The summed E-state index contributed by atoms with van der Waals surface area (Å²) in [6.45, 7) is -0.159. The number of hydrogen-bond acceptors (Lipinski definition) is 8. The number of hydrogen-bond donors (Lipinski definition) is 7. The molecule has 4 atom stereocenters. The van der Waals surface area contributed by atoms with Crippen LogP contribution in [0.5, 0.6) is 5.75 Å². The van der Waals surface area contributed by atoms with Crippen LogP contribution >= 0.6 is 0 Å². The summed E-state index contributed by atoms with van der Waals surface area (Å²) in [6.07, 6.45) is -4.18. The quantitative estimate of drug-likeness (QED) is 0.295. The molecule has 1 aliphatic rings. The maximum absolute atomic E-state index is 12.9. The molecule has 0 spiro atoms. The molecular formula is C23H28N4O7. The van der Waals surface area contributed by atoms with Crippen LogP contribution in [0.2, 0.25) is 0 Å². The molecule has 0 saturated carbocycles. The number of carbonyl (C=O) groups is 3. The van der Waals surface area contributed by atoms with E-state index in [0.717, 1.165) is 11.1 Å². The second kappa shape index (κ2) is 11.0. The van der Waals surface area contributed by atoms with Crippen molar-refractivity contribution in [3.63, 3.8) is 0 Å². The van der Waals surface area contributed by atoms with Gasteiger partial charge in [0, 0.05) is 25.8 Å². The molecule has 2 amide bonds. The van der Waals surface area contributed by atoms with Crippen molar-refractivity contribution in [2.24, 2.45) is 11.5 Å². The standard InChI is InChI=1S/C23H28N4O7/c24-11-16(28)10-18-22(31)27-20(34-23(32)33)7-12-2-1-3-13(6-12)14-4-5-19(29)15(8-14)9-17(25)21(30)26-18/h1-6,8,16-18,20,28-29H,7,9-11,24-25H2,(H,26,30)(H,27,31)(H,32,33)/t16-,17+,18+,20+/m1/s1. The molecule has 1 aliphatic heterocycles. The Labute approximate surface area is 195 Å². The fourth-order valence-corrected chi connectivity index (χ4v) is 3.73. The molecule has 0 fully saturated rings. The van der Waals surface area contributed by atoms with Gasteiger partial charge in [-0.1, -0.05) is 30.3 Å². The van der Waals surface area contributed by atoms with Gasteiger partial charge in [-0.2, -0.15) is 0 Å². The molecule has 0 aromatic heterocycles. The van der Waals surface area contributed by atoms with Crippen molar-refractivity contribution in [1.29, 1.82) is 0 Å². The van der Waals surface area contributed by atoms with Crippen molar-refractivity contribution in [2.45, 2.75) is 43.7 Å². The second-order valence-electron chi connectivity index (χ2n) is 8.13. The molecule has 0 aliphatic carbocycles. The lowest BCUT2D eigenvalue weighted by Crippen LogP contribution is -2.55.